The molecule has 10 nitrogen and oxygen atoms in total. The maximum Gasteiger partial charge on any atom is 0.349 e. The van der Waals surface area contributed by atoms with Crippen molar-refractivity contribution in [3.8, 4) is 23.4 Å². The number of aromatic nitrogens is 5. The van der Waals surface area contributed by atoms with Crippen LogP contribution in [-0.4, -0.2) is 25.0 Å². The van der Waals surface area contributed by atoms with Crippen LogP contribution in [0, 0.1) is 11.3 Å². The van der Waals surface area contributed by atoms with E-state index >= 15 is 0 Å². The van der Waals surface area contributed by atoms with E-state index in [1.54, 1.807) is 6.07 Å². The van der Waals surface area contributed by atoms with Gasteiger partial charge in [-0.05, 0) is 17.7 Å². The Labute approximate surface area is 201 Å². The third-order valence-electron chi connectivity index (χ3n) is 4.94. The van der Waals surface area contributed by atoms with Crippen molar-refractivity contribution in [1.82, 2.24) is 25.0 Å². The van der Waals surface area contributed by atoms with Crippen LogP contribution in [0.5, 0.6) is 11.6 Å². The summed E-state index contributed by atoms with van der Waals surface area (Å²) in [5, 5.41) is 19.0. The Morgan fingerprint density at radius 2 is 1.74 bits per heavy atom. The number of ether oxygens (including phenoxy) is 1. The molecule has 2 aromatic heterocycles. The highest BCUT2D eigenvalue weighted by Crippen LogP contribution is 2.37. The average Bonchev–Trinajstić information content (AvgIpc) is 2.82. The molecule has 2 aromatic carbocycles. The number of nitrogens with one attached hydrogen (secondary N) is 2. The number of hydrogen-bond donors (Lipinski definition) is 2. The van der Waals surface area contributed by atoms with Crippen LogP contribution in [0.4, 0.5) is 0 Å². The molecule has 4 rings (SSSR count). The van der Waals surface area contributed by atoms with Crippen molar-refractivity contribution in [3.05, 3.63) is 107 Å². The SMILES string of the molecule is C[C@H](c1ccccc1)c1cc(Oc2c(Cl)cc(-n3nc(C#N)c(=O)[nH]c3=O)cc2Cl)n[nH]c1=O. The minimum Gasteiger partial charge on any atom is -0.434 e. The van der Waals surface area contributed by atoms with Crippen molar-refractivity contribution in [2.75, 3.05) is 0 Å². The highest BCUT2D eigenvalue weighted by Gasteiger charge is 2.18. The summed E-state index contributed by atoms with van der Waals surface area (Å²) in [4.78, 5) is 38.1. The van der Waals surface area contributed by atoms with Gasteiger partial charge in [0.1, 0.15) is 6.07 Å². The lowest BCUT2D eigenvalue weighted by atomic mass is 9.95. The number of benzene rings is 2. The molecule has 1 atom stereocenters. The summed E-state index contributed by atoms with van der Waals surface area (Å²) in [5.74, 6) is -0.181. The molecule has 0 amide bonds. The standard InChI is InChI=1S/C22H14Cl2N6O4/c1-11(12-5-3-2-4-6-12)14-9-18(27-28-20(14)31)34-19-15(23)7-13(8-16(19)24)30-22(33)26-21(32)17(10-25)29-30/h2-9,11H,1H3,(H,28,31)(H,26,32,33)/t11-/m1/s1. The molecule has 0 aliphatic carbocycles. The minimum atomic E-state index is -0.912. The van der Waals surface area contributed by atoms with Crippen molar-refractivity contribution in [1.29, 1.82) is 5.26 Å². The summed E-state index contributed by atoms with van der Waals surface area (Å²) in [6, 6.07) is 15.2. The Bertz CT molecular complexity index is 1580. The Balaban J connectivity index is 1.70. The van der Waals surface area contributed by atoms with Gasteiger partial charge in [0, 0.05) is 17.5 Å². The maximum atomic E-state index is 12.4. The summed E-state index contributed by atoms with van der Waals surface area (Å²) >= 11 is 12.7. The van der Waals surface area contributed by atoms with E-state index in [1.807, 2.05) is 42.2 Å². The molecule has 0 aliphatic rings. The summed E-state index contributed by atoms with van der Waals surface area (Å²) in [5.41, 5.74) is -1.22. The zero-order valence-corrected chi connectivity index (χ0v) is 18.9. The molecule has 34 heavy (non-hydrogen) atoms. The molecule has 0 aliphatic heterocycles. The number of aromatic amines is 2. The molecule has 0 unspecified atom stereocenters. The van der Waals surface area contributed by atoms with Crippen LogP contribution < -0.4 is 21.5 Å². The second kappa shape index (κ2) is 9.35. The predicted molar refractivity (Wildman–Crippen MR) is 124 cm³/mol. The van der Waals surface area contributed by atoms with Gasteiger partial charge in [-0.2, -0.15) is 9.94 Å². The van der Waals surface area contributed by atoms with E-state index in [-0.39, 0.29) is 38.8 Å². The first-order valence-electron chi connectivity index (χ1n) is 9.74. The van der Waals surface area contributed by atoms with Crippen LogP contribution in [0.2, 0.25) is 10.0 Å². The first-order valence-corrected chi connectivity index (χ1v) is 10.5. The molecule has 0 bridgehead atoms. The molecule has 0 fully saturated rings. The van der Waals surface area contributed by atoms with Crippen LogP contribution in [0.15, 0.2) is 62.9 Å². The summed E-state index contributed by atoms with van der Waals surface area (Å²) in [7, 11) is 0. The molecular weight excluding hydrogens is 483 g/mol. The Morgan fingerprint density at radius 3 is 2.38 bits per heavy atom. The molecular formula is C22H14Cl2N6O4. The van der Waals surface area contributed by atoms with Crippen LogP contribution in [-0.2, 0) is 0 Å². The molecule has 12 heteroatoms. The van der Waals surface area contributed by atoms with Crippen molar-refractivity contribution >= 4 is 23.2 Å². The highest BCUT2D eigenvalue weighted by molar-refractivity contribution is 6.37. The molecule has 2 N–H and O–H groups in total. The van der Waals surface area contributed by atoms with Gasteiger partial charge >= 0.3 is 5.69 Å². The molecule has 2 heterocycles. The smallest absolute Gasteiger partial charge is 0.349 e. The largest absolute Gasteiger partial charge is 0.434 e. The molecule has 0 saturated heterocycles. The van der Waals surface area contributed by atoms with E-state index in [0.29, 0.717) is 5.56 Å². The Kier molecular flexibility index (Phi) is 6.32. The molecule has 0 radical (unpaired) electrons. The van der Waals surface area contributed by atoms with Crippen molar-refractivity contribution in [2.24, 2.45) is 0 Å². The fourth-order valence-electron chi connectivity index (χ4n) is 3.22. The van der Waals surface area contributed by atoms with Gasteiger partial charge < -0.3 is 4.74 Å². The number of nitrogens with zero attached hydrogens (tertiary/aromatic N) is 4. The van der Waals surface area contributed by atoms with Gasteiger partial charge in [0.2, 0.25) is 11.6 Å². The predicted octanol–water partition coefficient (Wildman–Crippen LogP) is 3.13. The Morgan fingerprint density at radius 1 is 1.06 bits per heavy atom. The lowest BCUT2D eigenvalue weighted by Gasteiger charge is -2.14. The van der Waals surface area contributed by atoms with Crippen LogP contribution in [0.1, 0.15) is 29.7 Å². The van der Waals surface area contributed by atoms with Gasteiger partial charge in [-0.1, -0.05) is 60.5 Å². The van der Waals surface area contributed by atoms with E-state index in [0.717, 1.165) is 10.2 Å². The first kappa shape index (κ1) is 23.0. The average molecular weight is 497 g/mol. The van der Waals surface area contributed by atoms with Gasteiger partial charge in [-0.3, -0.25) is 14.6 Å². The van der Waals surface area contributed by atoms with Gasteiger partial charge in [-0.15, -0.1) is 10.2 Å². The lowest BCUT2D eigenvalue weighted by molar-refractivity contribution is 0.453. The Hall–Kier alpha value is -4.20. The van der Waals surface area contributed by atoms with Gasteiger partial charge in [0.15, 0.2) is 5.75 Å². The first-order chi connectivity index (χ1) is 16.3. The van der Waals surface area contributed by atoms with Gasteiger partial charge in [-0.25, -0.2) is 9.89 Å². The van der Waals surface area contributed by atoms with Crippen LogP contribution >= 0.6 is 23.2 Å². The number of hydrogen-bond acceptors (Lipinski definition) is 7. The number of nitriles is 1. The second-order valence-corrected chi connectivity index (χ2v) is 7.91. The number of halogens is 2. The topological polar surface area (TPSA) is 147 Å². The maximum absolute atomic E-state index is 12.4. The third-order valence-corrected chi connectivity index (χ3v) is 5.50. The van der Waals surface area contributed by atoms with E-state index in [9.17, 15) is 14.4 Å². The fourth-order valence-corrected chi connectivity index (χ4v) is 3.77. The number of rotatable bonds is 5. The van der Waals surface area contributed by atoms with E-state index in [4.69, 9.17) is 33.2 Å². The molecule has 4 aromatic rings. The minimum absolute atomic E-state index is 0.00781. The summed E-state index contributed by atoms with van der Waals surface area (Å²) in [6.07, 6.45) is 0. The van der Waals surface area contributed by atoms with Gasteiger partial charge in [0.25, 0.3) is 11.1 Å². The highest BCUT2D eigenvalue weighted by atomic mass is 35.5. The fraction of sp³-hybridized carbons (Fsp3) is 0.0909. The molecule has 0 saturated carbocycles. The van der Waals surface area contributed by atoms with Crippen molar-refractivity contribution < 1.29 is 4.74 Å². The molecule has 0 spiro atoms. The summed E-state index contributed by atoms with van der Waals surface area (Å²) < 4.78 is 6.52. The van der Waals surface area contributed by atoms with Crippen molar-refractivity contribution in [3.63, 3.8) is 0 Å². The van der Waals surface area contributed by atoms with Gasteiger partial charge in [0.05, 0.1) is 15.7 Å². The monoisotopic (exact) mass is 496 g/mol. The van der Waals surface area contributed by atoms with E-state index in [2.05, 4.69) is 15.3 Å². The second-order valence-electron chi connectivity index (χ2n) is 7.10. The third kappa shape index (κ3) is 4.47. The number of H-pyrrole nitrogens is 2. The van der Waals surface area contributed by atoms with E-state index < -0.39 is 16.9 Å². The summed E-state index contributed by atoms with van der Waals surface area (Å²) in [6.45, 7) is 1.88. The molecule has 170 valence electrons. The van der Waals surface area contributed by atoms with E-state index in [1.165, 1.54) is 18.2 Å². The normalized spacial score (nSPS) is 11.6. The zero-order chi connectivity index (χ0) is 24.4. The van der Waals surface area contributed by atoms with Crippen LogP contribution in [0.3, 0.4) is 0 Å². The lowest BCUT2D eigenvalue weighted by Crippen LogP contribution is -2.33. The van der Waals surface area contributed by atoms with Crippen molar-refractivity contribution in [2.45, 2.75) is 12.8 Å². The zero-order valence-electron chi connectivity index (χ0n) is 17.4. The van der Waals surface area contributed by atoms with Crippen LogP contribution in [0.25, 0.3) is 5.69 Å². The quantitative estimate of drug-likeness (QED) is 0.431.